The minimum atomic E-state index is 0.0913. The van der Waals surface area contributed by atoms with Gasteiger partial charge < -0.3 is 9.47 Å². The second-order valence-electron chi connectivity index (χ2n) is 6.49. The maximum Gasteiger partial charge on any atom is 0.253 e. The van der Waals surface area contributed by atoms with Gasteiger partial charge in [-0.25, -0.2) is 9.67 Å². The molecule has 128 valence electrons. The van der Waals surface area contributed by atoms with E-state index in [4.69, 9.17) is 0 Å². The lowest BCUT2D eigenvalue weighted by atomic mass is 10.0. The molecule has 0 bridgehead atoms. The van der Waals surface area contributed by atoms with Crippen molar-refractivity contribution in [2.45, 2.75) is 25.8 Å². The molecule has 3 heterocycles. The Hall–Kier alpha value is -2.89. The van der Waals surface area contributed by atoms with Crippen molar-refractivity contribution in [2.75, 3.05) is 13.1 Å². The molecule has 3 aromatic rings. The fourth-order valence-electron chi connectivity index (χ4n) is 3.44. The van der Waals surface area contributed by atoms with E-state index in [0.29, 0.717) is 6.04 Å². The quantitative estimate of drug-likeness (QED) is 0.739. The van der Waals surface area contributed by atoms with Gasteiger partial charge in [-0.3, -0.25) is 4.79 Å². The van der Waals surface area contributed by atoms with Crippen LogP contribution in [0.2, 0.25) is 0 Å². The Balaban J connectivity index is 1.50. The normalized spacial score (nSPS) is 17.6. The summed E-state index contributed by atoms with van der Waals surface area (Å²) in [5.41, 5.74) is 2.76. The fraction of sp³-hybridized carbons (Fsp3) is 0.316. The zero-order chi connectivity index (χ0) is 17.2. The number of hydrogen-bond donors (Lipinski definition) is 0. The van der Waals surface area contributed by atoms with Crippen molar-refractivity contribution in [3.8, 4) is 5.69 Å². The van der Waals surface area contributed by atoms with Gasteiger partial charge >= 0.3 is 0 Å². The molecule has 1 amide bonds. The molecule has 1 aliphatic rings. The van der Waals surface area contributed by atoms with Crippen LogP contribution in [0.4, 0.5) is 0 Å². The number of imidazole rings is 1. The molecule has 0 N–H and O–H groups in total. The summed E-state index contributed by atoms with van der Waals surface area (Å²) in [5, 5.41) is 4.30. The molecule has 6 heteroatoms. The van der Waals surface area contributed by atoms with E-state index in [1.165, 1.54) is 0 Å². The fourth-order valence-corrected chi connectivity index (χ4v) is 3.44. The third-order valence-corrected chi connectivity index (χ3v) is 4.82. The van der Waals surface area contributed by atoms with Gasteiger partial charge in [0.15, 0.2) is 0 Å². The van der Waals surface area contributed by atoms with Crippen molar-refractivity contribution in [1.29, 1.82) is 0 Å². The number of aryl methyl sites for hydroxylation is 1. The van der Waals surface area contributed by atoms with Gasteiger partial charge in [0, 0.05) is 42.9 Å². The summed E-state index contributed by atoms with van der Waals surface area (Å²) >= 11 is 0. The SMILES string of the molecule is Cc1ccnn1-c1ccc(C(=O)N2CCC[C@H](n3ccnc3)C2)cc1. The lowest BCUT2D eigenvalue weighted by Crippen LogP contribution is -2.40. The lowest BCUT2D eigenvalue weighted by molar-refractivity contribution is 0.0679. The third-order valence-electron chi connectivity index (χ3n) is 4.82. The molecule has 0 spiro atoms. The van der Waals surface area contributed by atoms with Gasteiger partial charge in [0.25, 0.3) is 5.91 Å². The van der Waals surface area contributed by atoms with Gasteiger partial charge in [0.2, 0.25) is 0 Å². The van der Waals surface area contributed by atoms with E-state index in [-0.39, 0.29) is 5.91 Å². The zero-order valence-corrected chi connectivity index (χ0v) is 14.2. The first kappa shape index (κ1) is 15.6. The van der Waals surface area contributed by atoms with Crippen LogP contribution in [0.5, 0.6) is 0 Å². The number of rotatable bonds is 3. The highest BCUT2D eigenvalue weighted by Gasteiger charge is 2.25. The van der Waals surface area contributed by atoms with E-state index >= 15 is 0 Å². The van der Waals surface area contributed by atoms with Gasteiger partial charge in [-0.1, -0.05) is 0 Å². The highest BCUT2D eigenvalue weighted by Crippen LogP contribution is 2.23. The molecule has 2 aromatic heterocycles. The highest BCUT2D eigenvalue weighted by molar-refractivity contribution is 5.94. The summed E-state index contributed by atoms with van der Waals surface area (Å²) in [6.07, 6.45) is 9.46. The predicted octanol–water partition coefficient (Wildman–Crippen LogP) is 2.85. The van der Waals surface area contributed by atoms with Crippen molar-refractivity contribution < 1.29 is 4.79 Å². The summed E-state index contributed by atoms with van der Waals surface area (Å²) in [5.74, 6) is 0.0913. The number of carbonyl (C=O) groups is 1. The molecular weight excluding hydrogens is 314 g/mol. The summed E-state index contributed by atoms with van der Waals surface area (Å²) in [4.78, 5) is 18.9. The standard InChI is InChI=1S/C19H21N5O/c1-15-8-9-21-24(15)17-6-4-16(5-7-17)19(25)22-11-2-3-18(13-22)23-12-10-20-14-23/h4-10,12,14,18H,2-3,11,13H2,1H3/t18-/m0/s1. The summed E-state index contributed by atoms with van der Waals surface area (Å²) in [6.45, 7) is 3.55. The number of likely N-dealkylation sites (tertiary alicyclic amines) is 1. The Kier molecular flexibility index (Phi) is 4.09. The van der Waals surface area contributed by atoms with Crippen molar-refractivity contribution >= 4 is 5.91 Å². The largest absolute Gasteiger partial charge is 0.337 e. The number of hydrogen-bond acceptors (Lipinski definition) is 3. The highest BCUT2D eigenvalue weighted by atomic mass is 16.2. The molecule has 0 aliphatic carbocycles. The maximum absolute atomic E-state index is 12.9. The number of aromatic nitrogens is 4. The number of nitrogens with zero attached hydrogens (tertiary/aromatic N) is 5. The Morgan fingerprint density at radius 2 is 2.00 bits per heavy atom. The minimum absolute atomic E-state index is 0.0913. The van der Waals surface area contributed by atoms with E-state index < -0.39 is 0 Å². The smallest absolute Gasteiger partial charge is 0.253 e. The molecular formula is C19H21N5O. The van der Waals surface area contributed by atoms with E-state index in [2.05, 4.69) is 14.6 Å². The minimum Gasteiger partial charge on any atom is -0.337 e. The average Bonchev–Trinajstić information content (AvgIpc) is 3.33. The van der Waals surface area contributed by atoms with Crippen LogP contribution in [-0.2, 0) is 0 Å². The Morgan fingerprint density at radius 1 is 1.16 bits per heavy atom. The van der Waals surface area contributed by atoms with Crippen molar-refractivity contribution in [3.63, 3.8) is 0 Å². The Labute approximate surface area is 146 Å². The van der Waals surface area contributed by atoms with Crippen LogP contribution >= 0.6 is 0 Å². The number of piperidine rings is 1. The van der Waals surface area contributed by atoms with Crippen LogP contribution in [0.3, 0.4) is 0 Å². The molecule has 1 atom stereocenters. The Bertz CT molecular complexity index is 850. The van der Waals surface area contributed by atoms with Gasteiger partial charge in [0.1, 0.15) is 0 Å². The molecule has 1 aliphatic heterocycles. The lowest BCUT2D eigenvalue weighted by Gasteiger charge is -2.33. The van der Waals surface area contributed by atoms with E-state index in [1.54, 1.807) is 12.4 Å². The molecule has 4 rings (SSSR count). The number of carbonyl (C=O) groups excluding carboxylic acids is 1. The van der Waals surface area contributed by atoms with Crippen molar-refractivity contribution in [1.82, 2.24) is 24.2 Å². The monoisotopic (exact) mass is 335 g/mol. The van der Waals surface area contributed by atoms with E-state index in [1.807, 2.05) is 59.4 Å². The van der Waals surface area contributed by atoms with Crippen molar-refractivity contribution in [3.05, 3.63) is 66.5 Å². The van der Waals surface area contributed by atoms with Crippen LogP contribution in [0.15, 0.2) is 55.2 Å². The summed E-state index contributed by atoms with van der Waals surface area (Å²) in [6, 6.07) is 9.95. The molecule has 0 saturated carbocycles. The summed E-state index contributed by atoms with van der Waals surface area (Å²) in [7, 11) is 0. The van der Waals surface area contributed by atoms with Gasteiger partial charge in [0.05, 0.1) is 18.1 Å². The molecule has 0 unspecified atom stereocenters. The molecule has 1 fully saturated rings. The Morgan fingerprint density at radius 3 is 2.68 bits per heavy atom. The van der Waals surface area contributed by atoms with Gasteiger partial charge in [-0.15, -0.1) is 0 Å². The topological polar surface area (TPSA) is 56.0 Å². The molecule has 1 aromatic carbocycles. The van der Waals surface area contributed by atoms with Crippen LogP contribution in [0.1, 0.15) is 34.9 Å². The first-order valence-electron chi connectivity index (χ1n) is 8.60. The third kappa shape index (κ3) is 3.07. The molecule has 25 heavy (non-hydrogen) atoms. The van der Waals surface area contributed by atoms with Crippen LogP contribution < -0.4 is 0 Å². The second kappa shape index (κ2) is 6.55. The molecule has 1 saturated heterocycles. The second-order valence-corrected chi connectivity index (χ2v) is 6.49. The summed E-state index contributed by atoms with van der Waals surface area (Å²) < 4.78 is 3.97. The average molecular weight is 335 g/mol. The van der Waals surface area contributed by atoms with Crippen LogP contribution in [0.25, 0.3) is 5.69 Å². The number of amides is 1. The molecule has 0 radical (unpaired) electrons. The molecule has 6 nitrogen and oxygen atoms in total. The van der Waals surface area contributed by atoms with Crippen LogP contribution in [0, 0.1) is 6.92 Å². The van der Waals surface area contributed by atoms with Gasteiger partial charge in [-0.05, 0) is 50.1 Å². The first-order valence-corrected chi connectivity index (χ1v) is 8.60. The van der Waals surface area contributed by atoms with Crippen molar-refractivity contribution in [2.24, 2.45) is 0 Å². The van der Waals surface area contributed by atoms with E-state index in [9.17, 15) is 4.79 Å². The number of benzene rings is 1. The first-order chi connectivity index (χ1) is 12.2. The van der Waals surface area contributed by atoms with E-state index in [0.717, 1.165) is 42.9 Å². The zero-order valence-electron chi connectivity index (χ0n) is 14.2. The maximum atomic E-state index is 12.9. The predicted molar refractivity (Wildman–Crippen MR) is 94.7 cm³/mol. The van der Waals surface area contributed by atoms with Crippen LogP contribution in [-0.4, -0.2) is 43.2 Å². The van der Waals surface area contributed by atoms with Gasteiger partial charge in [-0.2, -0.15) is 5.10 Å².